The highest BCUT2D eigenvalue weighted by atomic mass is 32.2. The van der Waals surface area contributed by atoms with Crippen molar-refractivity contribution >= 4 is 17.5 Å². The highest BCUT2D eigenvalue weighted by Gasteiger charge is 2.18. The third-order valence-corrected chi connectivity index (χ3v) is 6.00. The van der Waals surface area contributed by atoms with Gasteiger partial charge in [-0.1, -0.05) is 42.1 Å². The van der Waals surface area contributed by atoms with Crippen molar-refractivity contribution in [3.8, 4) is 22.9 Å². The molecule has 5 rings (SSSR count). The molecule has 0 radical (unpaired) electrons. The summed E-state index contributed by atoms with van der Waals surface area (Å²) < 4.78 is 13.2. The highest BCUT2D eigenvalue weighted by molar-refractivity contribution is 7.99. The van der Waals surface area contributed by atoms with Crippen LogP contribution in [0.15, 0.2) is 78.2 Å². The number of ketones is 1. The molecule has 8 heteroatoms. The number of carbonyl (C=O) groups excluding carboxylic acids is 1. The molecule has 32 heavy (non-hydrogen) atoms. The van der Waals surface area contributed by atoms with Gasteiger partial charge in [-0.15, -0.1) is 10.2 Å². The minimum Gasteiger partial charge on any atom is -0.486 e. The summed E-state index contributed by atoms with van der Waals surface area (Å²) in [6.45, 7) is 1.61. The molecule has 0 saturated heterocycles. The maximum Gasteiger partial charge on any atom is 0.192 e. The summed E-state index contributed by atoms with van der Waals surface area (Å²) in [7, 11) is 0. The van der Waals surface area contributed by atoms with Gasteiger partial charge in [0.2, 0.25) is 0 Å². The first kappa shape index (κ1) is 20.3. The normalized spacial score (nSPS) is 12.5. The molecule has 0 bridgehead atoms. The van der Waals surface area contributed by atoms with Crippen molar-refractivity contribution in [2.24, 2.45) is 0 Å². The second kappa shape index (κ2) is 9.23. The minimum absolute atomic E-state index is 0.00769. The number of carbonyl (C=O) groups is 1. The maximum atomic E-state index is 12.9. The Morgan fingerprint density at radius 1 is 0.938 bits per heavy atom. The van der Waals surface area contributed by atoms with Crippen LogP contribution in [0.1, 0.15) is 15.9 Å². The third-order valence-electron chi connectivity index (χ3n) is 5.04. The number of ether oxygens (including phenoxy) is 2. The zero-order valence-corrected chi connectivity index (χ0v) is 18.0. The van der Waals surface area contributed by atoms with Gasteiger partial charge in [-0.25, -0.2) is 0 Å². The van der Waals surface area contributed by atoms with E-state index in [9.17, 15) is 4.79 Å². The number of fused-ring (bicyclic) bond motifs is 1. The Kier molecular flexibility index (Phi) is 5.85. The number of nitrogens with zero attached hydrogens (tertiary/aromatic N) is 4. The molecule has 0 saturated carbocycles. The van der Waals surface area contributed by atoms with Crippen LogP contribution in [0.2, 0.25) is 0 Å². The van der Waals surface area contributed by atoms with Gasteiger partial charge >= 0.3 is 0 Å². The van der Waals surface area contributed by atoms with Crippen molar-refractivity contribution < 1.29 is 14.3 Å². The number of hydrogen-bond acceptors (Lipinski definition) is 7. The molecule has 0 atom stereocenters. The molecule has 4 aromatic rings. The SMILES string of the molecule is O=C(CSc1nnc(-c2ccncc2)n1Cc1ccccc1)c1ccc2c(c1)OCCO2. The number of pyridine rings is 1. The van der Waals surface area contributed by atoms with E-state index in [0.717, 1.165) is 17.0 Å². The van der Waals surface area contributed by atoms with Gasteiger partial charge < -0.3 is 9.47 Å². The first-order valence-corrected chi connectivity index (χ1v) is 11.2. The Morgan fingerprint density at radius 2 is 1.72 bits per heavy atom. The fourth-order valence-corrected chi connectivity index (χ4v) is 4.28. The third kappa shape index (κ3) is 4.36. The van der Waals surface area contributed by atoms with Gasteiger partial charge in [-0.05, 0) is 35.9 Å². The molecule has 3 heterocycles. The zero-order valence-electron chi connectivity index (χ0n) is 17.2. The molecule has 0 spiro atoms. The molecule has 0 unspecified atom stereocenters. The van der Waals surface area contributed by atoms with Crippen LogP contribution < -0.4 is 9.47 Å². The van der Waals surface area contributed by atoms with Crippen LogP contribution in [0.4, 0.5) is 0 Å². The van der Waals surface area contributed by atoms with Gasteiger partial charge in [0, 0.05) is 23.5 Å². The van der Waals surface area contributed by atoms with Gasteiger partial charge in [-0.2, -0.15) is 0 Å². The Labute approximate surface area is 189 Å². The van der Waals surface area contributed by atoms with E-state index < -0.39 is 0 Å². The standard InChI is InChI=1S/C24H20N4O3S/c29-20(19-6-7-21-22(14-19)31-13-12-30-21)16-32-24-27-26-23(18-8-10-25-11-9-18)28(24)15-17-4-2-1-3-5-17/h1-11,14H,12-13,15-16H2. The molecule has 2 aromatic heterocycles. The maximum absolute atomic E-state index is 12.9. The van der Waals surface area contributed by atoms with Crippen LogP contribution in [0.5, 0.6) is 11.5 Å². The summed E-state index contributed by atoms with van der Waals surface area (Å²) >= 11 is 1.37. The lowest BCUT2D eigenvalue weighted by atomic mass is 10.1. The molecule has 0 amide bonds. The number of hydrogen-bond donors (Lipinski definition) is 0. The number of aromatic nitrogens is 4. The molecule has 2 aromatic carbocycles. The fraction of sp³-hybridized carbons (Fsp3) is 0.167. The quantitative estimate of drug-likeness (QED) is 0.313. The monoisotopic (exact) mass is 444 g/mol. The van der Waals surface area contributed by atoms with Gasteiger partial charge in [0.15, 0.2) is 28.3 Å². The van der Waals surface area contributed by atoms with Crippen molar-refractivity contribution in [1.29, 1.82) is 0 Å². The summed E-state index contributed by atoms with van der Waals surface area (Å²) in [5.74, 6) is 2.25. The number of rotatable bonds is 7. The lowest BCUT2D eigenvalue weighted by molar-refractivity contribution is 0.102. The van der Waals surface area contributed by atoms with Gasteiger partial charge in [0.05, 0.1) is 12.3 Å². The molecular formula is C24H20N4O3S. The first-order chi connectivity index (χ1) is 15.8. The van der Waals surface area contributed by atoms with E-state index in [-0.39, 0.29) is 11.5 Å². The lowest BCUT2D eigenvalue weighted by Gasteiger charge is -2.18. The highest BCUT2D eigenvalue weighted by Crippen LogP contribution is 2.32. The van der Waals surface area contributed by atoms with E-state index in [4.69, 9.17) is 9.47 Å². The summed E-state index contributed by atoms with van der Waals surface area (Å²) in [6, 6.07) is 19.2. The molecule has 1 aliphatic heterocycles. The molecule has 7 nitrogen and oxygen atoms in total. The van der Waals surface area contributed by atoms with Crippen LogP contribution in [0.3, 0.4) is 0 Å². The predicted molar refractivity (Wildman–Crippen MR) is 121 cm³/mol. The summed E-state index contributed by atoms with van der Waals surface area (Å²) in [6.07, 6.45) is 3.46. The van der Waals surface area contributed by atoms with E-state index in [1.54, 1.807) is 30.6 Å². The van der Waals surface area contributed by atoms with Crippen LogP contribution in [0.25, 0.3) is 11.4 Å². The van der Waals surface area contributed by atoms with E-state index in [1.807, 2.05) is 34.9 Å². The van der Waals surface area contributed by atoms with Crippen molar-refractivity contribution in [3.05, 3.63) is 84.2 Å². The summed E-state index contributed by atoms with van der Waals surface area (Å²) in [5, 5.41) is 9.48. The van der Waals surface area contributed by atoms with Gasteiger partial charge in [0.25, 0.3) is 0 Å². The van der Waals surface area contributed by atoms with Crippen molar-refractivity contribution in [1.82, 2.24) is 19.7 Å². The molecule has 0 aliphatic carbocycles. The van der Waals surface area contributed by atoms with Crippen molar-refractivity contribution in [3.63, 3.8) is 0 Å². The Bertz CT molecular complexity index is 1230. The molecular weight excluding hydrogens is 424 g/mol. The average Bonchev–Trinajstić information content (AvgIpc) is 3.25. The minimum atomic E-state index is -0.00769. The van der Waals surface area contributed by atoms with Crippen LogP contribution >= 0.6 is 11.8 Å². The first-order valence-electron chi connectivity index (χ1n) is 10.2. The average molecular weight is 445 g/mol. The fourth-order valence-electron chi connectivity index (χ4n) is 3.45. The largest absolute Gasteiger partial charge is 0.486 e. The van der Waals surface area contributed by atoms with Gasteiger partial charge in [-0.3, -0.25) is 14.3 Å². The number of thioether (sulfide) groups is 1. The van der Waals surface area contributed by atoms with Gasteiger partial charge in [0.1, 0.15) is 13.2 Å². The van der Waals surface area contributed by atoms with E-state index in [1.165, 1.54) is 11.8 Å². The van der Waals surface area contributed by atoms with Crippen molar-refractivity contribution in [2.45, 2.75) is 11.7 Å². The Hall–Kier alpha value is -3.65. The number of benzene rings is 2. The molecule has 0 N–H and O–H groups in total. The zero-order chi connectivity index (χ0) is 21.8. The van der Waals surface area contributed by atoms with E-state index >= 15 is 0 Å². The lowest BCUT2D eigenvalue weighted by Crippen LogP contribution is -2.16. The topological polar surface area (TPSA) is 79.1 Å². The van der Waals surface area contributed by atoms with Crippen molar-refractivity contribution in [2.75, 3.05) is 19.0 Å². The van der Waals surface area contributed by atoms with Crippen LogP contribution in [-0.4, -0.2) is 44.5 Å². The predicted octanol–water partition coefficient (Wildman–Crippen LogP) is 4.13. The van der Waals surface area contributed by atoms with Crippen LogP contribution in [0, 0.1) is 0 Å². The smallest absolute Gasteiger partial charge is 0.192 e. The Balaban J connectivity index is 1.38. The summed E-state index contributed by atoms with van der Waals surface area (Å²) in [5.41, 5.74) is 2.64. The second-order valence-corrected chi connectivity index (χ2v) is 8.13. The van der Waals surface area contributed by atoms with E-state index in [2.05, 4.69) is 27.3 Å². The molecule has 160 valence electrons. The number of Topliss-reactive ketones (excluding diaryl/α,β-unsaturated/α-hetero) is 1. The van der Waals surface area contributed by atoms with Crippen LogP contribution in [-0.2, 0) is 6.54 Å². The Morgan fingerprint density at radius 3 is 2.53 bits per heavy atom. The summed E-state index contributed by atoms with van der Waals surface area (Å²) in [4.78, 5) is 17.0. The molecule has 0 fully saturated rings. The molecule has 1 aliphatic rings. The second-order valence-electron chi connectivity index (χ2n) is 7.18. The van der Waals surface area contributed by atoms with E-state index in [0.29, 0.717) is 42.0 Å².